The fourth-order valence-electron chi connectivity index (χ4n) is 1.58. The van der Waals surface area contributed by atoms with Crippen LogP contribution in [0.3, 0.4) is 0 Å². The third-order valence-electron chi connectivity index (χ3n) is 2.25. The molecular formula is C11H25AlO2. The molecule has 3 heteroatoms. The molecule has 0 saturated carbocycles. The van der Waals surface area contributed by atoms with E-state index in [1.165, 1.54) is 23.4 Å². The summed E-state index contributed by atoms with van der Waals surface area (Å²) in [5.41, 5.74) is 0. The molecule has 0 rings (SSSR count). The van der Waals surface area contributed by atoms with Crippen molar-refractivity contribution in [3.05, 3.63) is 0 Å². The first-order chi connectivity index (χ1) is 6.78. The largest absolute Gasteiger partial charge is 0.478 e. The van der Waals surface area contributed by atoms with Crippen molar-refractivity contribution >= 4 is 14.5 Å². The van der Waals surface area contributed by atoms with Crippen LogP contribution in [0.1, 0.15) is 47.0 Å². The average molecular weight is 216 g/mol. The van der Waals surface area contributed by atoms with Gasteiger partial charge in [-0.1, -0.05) is 44.2 Å². The predicted molar refractivity (Wildman–Crippen MR) is 62.7 cm³/mol. The lowest BCUT2D eigenvalue weighted by Gasteiger charge is -2.21. The smallest absolute Gasteiger partial charge is 0.462 e. The molecule has 0 fully saturated rings. The molecule has 0 aromatic heterocycles. The van der Waals surface area contributed by atoms with Crippen molar-refractivity contribution in [3.63, 3.8) is 0 Å². The first-order valence-electron chi connectivity index (χ1n) is 6.05. The van der Waals surface area contributed by atoms with E-state index in [1.54, 1.807) is 0 Å². The van der Waals surface area contributed by atoms with Gasteiger partial charge in [0.2, 0.25) is 0 Å². The molecule has 84 valence electrons. The highest BCUT2D eigenvalue weighted by Crippen LogP contribution is 2.12. The highest BCUT2D eigenvalue weighted by atomic mass is 27.2. The van der Waals surface area contributed by atoms with Gasteiger partial charge < -0.3 is 8.53 Å². The van der Waals surface area contributed by atoms with Gasteiger partial charge in [0, 0.05) is 6.61 Å². The van der Waals surface area contributed by atoms with Crippen LogP contribution in [0.5, 0.6) is 0 Å². The Balaban J connectivity index is 3.83. The zero-order chi connectivity index (χ0) is 10.8. The van der Waals surface area contributed by atoms with Crippen molar-refractivity contribution < 1.29 is 8.53 Å². The van der Waals surface area contributed by atoms with Crippen LogP contribution in [-0.2, 0) is 8.53 Å². The van der Waals surface area contributed by atoms with Crippen molar-refractivity contribution in [2.24, 2.45) is 0 Å². The van der Waals surface area contributed by atoms with Gasteiger partial charge in [-0.3, -0.25) is 0 Å². The molecule has 0 N–H and O–H groups in total. The summed E-state index contributed by atoms with van der Waals surface area (Å²) < 4.78 is 11.6. The molecule has 0 aliphatic carbocycles. The van der Waals surface area contributed by atoms with Crippen molar-refractivity contribution in [2.45, 2.75) is 63.8 Å². The number of rotatable bonds is 9. The summed E-state index contributed by atoms with van der Waals surface area (Å²) in [6.07, 6.45) is 3.54. The summed E-state index contributed by atoms with van der Waals surface area (Å²) in [6, 6.07) is 0. The summed E-state index contributed by atoms with van der Waals surface area (Å²) >= 11 is -0.966. The first-order valence-corrected chi connectivity index (χ1v) is 8.15. The molecule has 0 amide bonds. The normalized spacial score (nSPS) is 12.9. The fourth-order valence-corrected chi connectivity index (χ4v) is 4.13. The molecule has 1 atom stereocenters. The van der Waals surface area contributed by atoms with E-state index < -0.39 is 14.5 Å². The second kappa shape index (κ2) is 9.99. The number of ether oxygens (including phenoxy) is 1. The van der Waals surface area contributed by atoms with E-state index in [2.05, 4.69) is 20.8 Å². The van der Waals surface area contributed by atoms with E-state index in [4.69, 9.17) is 8.53 Å². The molecule has 0 aliphatic heterocycles. The van der Waals surface area contributed by atoms with Gasteiger partial charge in [-0.05, 0) is 13.3 Å². The Hall–Kier alpha value is 0.452. The van der Waals surface area contributed by atoms with Gasteiger partial charge in [0.25, 0.3) is 0 Å². The molecule has 0 aliphatic rings. The number of hydrogen-bond donors (Lipinski definition) is 0. The lowest BCUT2D eigenvalue weighted by atomic mass is 10.5. The van der Waals surface area contributed by atoms with Crippen LogP contribution in [0.15, 0.2) is 0 Å². The van der Waals surface area contributed by atoms with Crippen LogP contribution in [0.25, 0.3) is 0 Å². The maximum atomic E-state index is 6.04. The zero-order valence-corrected chi connectivity index (χ0v) is 11.4. The summed E-state index contributed by atoms with van der Waals surface area (Å²) in [4.78, 5) is 0. The molecule has 0 aromatic carbocycles. The summed E-state index contributed by atoms with van der Waals surface area (Å²) in [7, 11) is 0. The average Bonchev–Trinajstić information content (AvgIpc) is 2.18. The van der Waals surface area contributed by atoms with E-state index in [-0.39, 0.29) is 6.29 Å². The van der Waals surface area contributed by atoms with Crippen molar-refractivity contribution in [1.82, 2.24) is 0 Å². The fraction of sp³-hybridized carbons (Fsp3) is 1.00. The Morgan fingerprint density at radius 1 is 1.00 bits per heavy atom. The molecule has 14 heavy (non-hydrogen) atoms. The summed E-state index contributed by atoms with van der Waals surface area (Å²) in [6.45, 7) is 9.39. The maximum Gasteiger partial charge on any atom is 0.462 e. The number of hydrogen-bond acceptors (Lipinski definition) is 2. The molecule has 2 nitrogen and oxygen atoms in total. The van der Waals surface area contributed by atoms with Crippen molar-refractivity contribution in [1.29, 1.82) is 0 Å². The van der Waals surface area contributed by atoms with E-state index in [0.717, 1.165) is 13.0 Å². The molecule has 1 unspecified atom stereocenters. The van der Waals surface area contributed by atoms with E-state index in [1.807, 2.05) is 6.92 Å². The minimum absolute atomic E-state index is 0.0646. The predicted octanol–water partition coefficient (Wildman–Crippen LogP) is 3.59. The van der Waals surface area contributed by atoms with E-state index in [0.29, 0.717) is 0 Å². The second-order valence-electron chi connectivity index (χ2n) is 3.63. The molecule has 0 heterocycles. The SMILES string of the molecule is CC[CH2][Al]([CH2]CC)[O]C(CC)OCC. The van der Waals surface area contributed by atoms with Crippen molar-refractivity contribution in [3.8, 4) is 0 Å². The maximum absolute atomic E-state index is 6.04. The highest BCUT2D eigenvalue weighted by molar-refractivity contribution is 6.51. The van der Waals surface area contributed by atoms with Gasteiger partial charge in [0.1, 0.15) is 6.29 Å². The van der Waals surface area contributed by atoms with Crippen LogP contribution in [0, 0.1) is 0 Å². The third kappa shape index (κ3) is 6.84. The lowest BCUT2D eigenvalue weighted by Crippen LogP contribution is -2.27. The Morgan fingerprint density at radius 2 is 1.57 bits per heavy atom. The quantitative estimate of drug-likeness (QED) is 0.433. The van der Waals surface area contributed by atoms with E-state index in [9.17, 15) is 0 Å². The molecule has 0 spiro atoms. The highest BCUT2D eigenvalue weighted by Gasteiger charge is 2.21. The van der Waals surface area contributed by atoms with Crippen LogP contribution in [-0.4, -0.2) is 27.4 Å². The van der Waals surface area contributed by atoms with Gasteiger partial charge in [-0.15, -0.1) is 0 Å². The second-order valence-corrected chi connectivity index (χ2v) is 6.30. The Bertz CT molecular complexity index is 114. The van der Waals surface area contributed by atoms with Crippen molar-refractivity contribution in [2.75, 3.05) is 6.61 Å². The van der Waals surface area contributed by atoms with Gasteiger partial charge in [-0.25, -0.2) is 0 Å². The monoisotopic (exact) mass is 216 g/mol. The van der Waals surface area contributed by atoms with Gasteiger partial charge >= 0.3 is 14.5 Å². The van der Waals surface area contributed by atoms with Crippen LogP contribution in [0.2, 0.25) is 10.6 Å². The van der Waals surface area contributed by atoms with Gasteiger partial charge in [-0.2, -0.15) is 0 Å². The van der Waals surface area contributed by atoms with E-state index >= 15 is 0 Å². The molecule has 0 saturated heterocycles. The first kappa shape index (κ1) is 14.5. The third-order valence-corrected chi connectivity index (χ3v) is 5.38. The Kier molecular flexibility index (Phi) is 10.3. The van der Waals surface area contributed by atoms with Crippen LogP contribution in [0.4, 0.5) is 0 Å². The summed E-state index contributed by atoms with van der Waals surface area (Å²) in [5.74, 6) is 0. The standard InChI is InChI=1S/C5H11O2.2C3H7.Al/c1-3-5(6)7-4-2;2*1-3-2;/h5H,3-4H2,1-2H3;2*1,3H2,2H3;/q-1;;;+1. The van der Waals surface area contributed by atoms with Gasteiger partial charge in [0.05, 0.1) is 0 Å². The molecular weight excluding hydrogens is 191 g/mol. The Morgan fingerprint density at radius 3 is 1.93 bits per heavy atom. The Labute approximate surface area is 93.7 Å². The minimum Gasteiger partial charge on any atom is -0.478 e. The van der Waals surface area contributed by atoms with Crippen LogP contribution >= 0.6 is 0 Å². The topological polar surface area (TPSA) is 18.5 Å². The van der Waals surface area contributed by atoms with Crippen LogP contribution < -0.4 is 0 Å². The molecule has 0 bridgehead atoms. The summed E-state index contributed by atoms with van der Waals surface area (Å²) in [5, 5.41) is 2.58. The minimum atomic E-state index is -0.966. The zero-order valence-electron chi connectivity index (χ0n) is 10.2. The van der Waals surface area contributed by atoms with Gasteiger partial charge in [0.15, 0.2) is 0 Å². The molecule has 0 aromatic rings. The lowest BCUT2D eigenvalue weighted by molar-refractivity contribution is -0.0799. The molecule has 0 radical (unpaired) electrons.